The first-order chi connectivity index (χ1) is 9.83. The van der Waals surface area contributed by atoms with E-state index in [4.69, 9.17) is 10.2 Å². The molecule has 21 heavy (non-hydrogen) atoms. The Balaban J connectivity index is 2.36. The van der Waals surface area contributed by atoms with Gasteiger partial charge in [-0.1, -0.05) is 0 Å². The van der Waals surface area contributed by atoms with Crippen LogP contribution in [-0.2, 0) is 10.0 Å². The van der Waals surface area contributed by atoms with Crippen molar-refractivity contribution in [1.82, 2.24) is 9.71 Å². The minimum atomic E-state index is -3.62. The van der Waals surface area contributed by atoms with E-state index in [1.54, 1.807) is 25.3 Å². The number of hydrogen-bond donors (Lipinski definition) is 3. The van der Waals surface area contributed by atoms with Crippen LogP contribution in [0.1, 0.15) is 24.6 Å². The van der Waals surface area contributed by atoms with E-state index in [9.17, 15) is 8.42 Å². The van der Waals surface area contributed by atoms with Gasteiger partial charge in [-0.2, -0.15) is 0 Å². The van der Waals surface area contributed by atoms with Gasteiger partial charge in [-0.3, -0.25) is 0 Å². The van der Waals surface area contributed by atoms with Crippen molar-refractivity contribution >= 4 is 21.4 Å². The molecule has 0 aliphatic carbocycles. The number of rotatable bonds is 5. The molecule has 0 radical (unpaired) electrons. The molecule has 114 valence electrons. The van der Waals surface area contributed by atoms with Gasteiger partial charge in [0.15, 0.2) is 0 Å². The molecule has 1 atom stereocenters. The summed E-state index contributed by atoms with van der Waals surface area (Å²) in [4.78, 5) is 4.21. The smallest absolute Gasteiger partial charge is 0.242 e. The number of sulfonamides is 1. The summed E-state index contributed by atoms with van der Waals surface area (Å²) in [7, 11) is -2.27. The number of aryl methyl sites for hydroxylation is 1. The van der Waals surface area contributed by atoms with Crippen molar-refractivity contribution in [2.45, 2.75) is 24.8 Å². The maximum Gasteiger partial charge on any atom is 0.242 e. The fourth-order valence-electron chi connectivity index (χ4n) is 1.86. The fraction of sp³-hybridized carbons (Fsp3) is 0.308. The molecule has 0 saturated carbocycles. The van der Waals surface area contributed by atoms with E-state index in [1.807, 2.05) is 6.92 Å². The predicted molar refractivity (Wildman–Crippen MR) is 80.4 cm³/mol. The Bertz CT molecular complexity index is 740. The third kappa shape index (κ3) is 3.34. The molecule has 2 rings (SSSR count). The number of oxazole rings is 1. The third-order valence-corrected chi connectivity index (χ3v) is 4.40. The van der Waals surface area contributed by atoms with Crippen LogP contribution >= 0.6 is 0 Å². The molecule has 0 bridgehead atoms. The lowest BCUT2D eigenvalue weighted by Gasteiger charge is -2.16. The Morgan fingerprint density at radius 1 is 1.38 bits per heavy atom. The van der Waals surface area contributed by atoms with Gasteiger partial charge in [-0.15, -0.1) is 0 Å². The van der Waals surface area contributed by atoms with E-state index >= 15 is 0 Å². The SMILES string of the molecule is CNS(=O)(=O)c1cc(N)ccc1NC(C)c1ncc(C)o1. The maximum atomic E-state index is 12.1. The van der Waals surface area contributed by atoms with Crippen molar-refractivity contribution < 1.29 is 12.8 Å². The largest absolute Gasteiger partial charge is 0.444 e. The second kappa shape index (κ2) is 5.74. The van der Waals surface area contributed by atoms with Crippen molar-refractivity contribution in [2.24, 2.45) is 0 Å². The van der Waals surface area contributed by atoms with Crippen LogP contribution in [0.5, 0.6) is 0 Å². The number of aromatic nitrogens is 1. The molecule has 1 aromatic carbocycles. The summed E-state index contributed by atoms with van der Waals surface area (Å²) >= 11 is 0. The van der Waals surface area contributed by atoms with Crippen LogP contribution in [0.3, 0.4) is 0 Å². The third-order valence-electron chi connectivity index (χ3n) is 2.95. The maximum absolute atomic E-state index is 12.1. The minimum absolute atomic E-state index is 0.0835. The van der Waals surface area contributed by atoms with Crippen LogP contribution in [0.25, 0.3) is 0 Å². The summed E-state index contributed by atoms with van der Waals surface area (Å²) in [5.74, 6) is 1.18. The molecular formula is C13H18N4O3S. The summed E-state index contributed by atoms with van der Waals surface area (Å²) < 4.78 is 31.8. The Morgan fingerprint density at radius 3 is 2.67 bits per heavy atom. The molecule has 0 spiro atoms. The molecule has 0 aliphatic rings. The predicted octanol–water partition coefficient (Wildman–Crippen LogP) is 1.65. The van der Waals surface area contributed by atoms with Gasteiger partial charge >= 0.3 is 0 Å². The van der Waals surface area contributed by atoms with Crippen molar-refractivity contribution in [3.8, 4) is 0 Å². The fourth-order valence-corrected chi connectivity index (χ4v) is 2.79. The quantitative estimate of drug-likeness (QED) is 0.724. The average molecular weight is 310 g/mol. The highest BCUT2D eigenvalue weighted by Gasteiger charge is 2.20. The van der Waals surface area contributed by atoms with Crippen LogP contribution in [0.15, 0.2) is 33.7 Å². The normalized spacial score (nSPS) is 13.1. The molecule has 0 amide bonds. The van der Waals surface area contributed by atoms with Gasteiger partial charge < -0.3 is 15.5 Å². The highest BCUT2D eigenvalue weighted by Crippen LogP contribution is 2.27. The molecule has 1 unspecified atom stereocenters. The first-order valence-electron chi connectivity index (χ1n) is 6.35. The number of nitrogens with two attached hydrogens (primary N) is 1. The van der Waals surface area contributed by atoms with Crippen LogP contribution in [0.4, 0.5) is 11.4 Å². The zero-order valence-electron chi connectivity index (χ0n) is 12.0. The minimum Gasteiger partial charge on any atom is -0.444 e. The summed E-state index contributed by atoms with van der Waals surface area (Å²) in [5.41, 5.74) is 6.48. The average Bonchev–Trinajstić information content (AvgIpc) is 2.87. The molecule has 7 nitrogen and oxygen atoms in total. The molecule has 0 saturated heterocycles. The molecule has 2 aromatic rings. The first kappa shape index (κ1) is 15.3. The lowest BCUT2D eigenvalue weighted by molar-refractivity contribution is 0.453. The van der Waals surface area contributed by atoms with Gasteiger partial charge in [-0.25, -0.2) is 18.1 Å². The van der Waals surface area contributed by atoms with Gasteiger partial charge in [-0.05, 0) is 39.1 Å². The molecule has 1 heterocycles. The van der Waals surface area contributed by atoms with E-state index in [0.717, 1.165) is 0 Å². The number of nitrogens with one attached hydrogen (secondary N) is 2. The highest BCUT2D eigenvalue weighted by molar-refractivity contribution is 7.89. The molecule has 4 N–H and O–H groups in total. The van der Waals surface area contributed by atoms with Gasteiger partial charge in [0.1, 0.15) is 16.7 Å². The number of benzene rings is 1. The summed E-state index contributed by atoms with van der Waals surface area (Å²) in [5, 5.41) is 3.08. The number of hydrogen-bond acceptors (Lipinski definition) is 6. The van der Waals surface area contributed by atoms with Crippen LogP contribution in [0.2, 0.25) is 0 Å². The van der Waals surface area contributed by atoms with E-state index in [2.05, 4.69) is 15.0 Å². The second-order valence-corrected chi connectivity index (χ2v) is 6.49. The van der Waals surface area contributed by atoms with Crippen molar-refractivity contribution in [3.63, 3.8) is 0 Å². The number of anilines is 2. The van der Waals surface area contributed by atoms with Gasteiger partial charge in [0.05, 0.1) is 11.9 Å². The standard InChI is InChI=1S/C13H18N4O3S/c1-8-7-16-13(20-8)9(2)17-11-5-4-10(14)6-12(11)21(18,19)15-3/h4-7,9,15,17H,14H2,1-3H3. The topological polar surface area (TPSA) is 110 Å². The van der Waals surface area contributed by atoms with E-state index < -0.39 is 10.0 Å². The van der Waals surface area contributed by atoms with E-state index in [0.29, 0.717) is 23.0 Å². The molecule has 0 fully saturated rings. The Kier molecular flexibility index (Phi) is 4.19. The van der Waals surface area contributed by atoms with Gasteiger partial charge in [0.25, 0.3) is 0 Å². The summed E-state index contributed by atoms with van der Waals surface area (Å²) in [6.07, 6.45) is 1.61. The number of nitrogens with zero attached hydrogens (tertiary/aromatic N) is 1. The molecule has 0 aliphatic heterocycles. The lowest BCUT2D eigenvalue weighted by Crippen LogP contribution is -2.21. The number of nitrogen functional groups attached to an aromatic ring is 1. The monoisotopic (exact) mass is 310 g/mol. The van der Waals surface area contributed by atoms with E-state index in [-0.39, 0.29) is 10.9 Å². The zero-order valence-corrected chi connectivity index (χ0v) is 12.9. The highest BCUT2D eigenvalue weighted by atomic mass is 32.2. The van der Waals surface area contributed by atoms with Crippen molar-refractivity contribution in [1.29, 1.82) is 0 Å². The van der Waals surface area contributed by atoms with Crippen molar-refractivity contribution in [2.75, 3.05) is 18.1 Å². The van der Waals surface area contributed by atoms with Crippen molar-refractivity contribution in [3.05, 3.63) is 36.0 Å². The van der Waals surface area contributed by atoms with Crippen LogP contribution in [-0.4, -0.2) is 20.4 Å². The Labute approximate surface area is 123 Å². The molecule has 1 aromatic heterocycles. The van der Waals surface area contributed by atoms with E-state index in [1.165, 1.54) is 13.1 Å². The van der Waals surface area contributed by atoms with Crippen LogP contribution in [0, 0.1) is 6.92 Å². The lowest BCUT2D eigenvalue weighted by atomic mass is 10.2. The molecule has 8 heteroatoms. The first-order valence-corrected chi connectivity index (χ1v) is 7.83. The Morgan fingerprint density at radius 2 is 2.10 bits per heavy atom. The second-order valence-electron chi connectivity index (χ2n) is 4.64. The molecular weight excluding hydrogens is 292 g/mol. The van der Waals surface area contributed by atoms with Crippen LogP contribution < -0.4 is 15.8 Å². The zero-order chi connectivity index (χ0) is 15.6. The van der Waals surface area contributed by atoms with Gasteiger partial charge in [0, 0.05) is 5.69 Å². The summed E-state index contributed by atoms with van der Waals surface area (Å²) in [6, 6.07) is 4.37. The summed E-state index contributed by atoms with van der Waals surface area (Å²) in [6.45, 7) is 3.63. The van der Waals surface area contributed by atoms with Gasteiger partial charge in [0.2, 0.25) is 15.9 Å². The Hall–Kier alpha value is -2.06.